The number of carboxylic acids is 1. The molecule has 2 N–H and O–H groups in total. The van der Waals surface area contributed by atoms with Crippen LogP contribution < -0.4 is 0 Å². The van der Waals surface area contributed by atoms with Crippen molar-refractivity contribution in [2.24, 2.45) is 0 Å². The molecule has 2 rings (SSSR count). The lowest BCUT2D eigenvalue weighted by molar-refractivity contribution is -0.141. The summed E-state index contributed by atoms with van der Waals surface area (Å²) in [5.41, 5.74) is 0.992. The number of piperidine rings is 1. The number of rotatable bonds is 8. The molecule has 2 atom stereocenters. The fourth-order valence-electron chi connectivity index (χ4n) is 2.82. The van der Waals surface area contributed by atoms with E-state index in [2.05, 4.69) is 16.8 Å². The second-order valence-corrected chi connectivity index (χ2v) is 6.23. The maximum atomic E-state index is 12.2. The maximum Gasteiger partial charge on any atom is 0.329 e. The van der Waals surface area contributed by atoms with E-state index in [9.17, 15) is 14.7 Å². The summed E-state index contributed by atoms with van der Waals surface area (Å²) in [6, 6.07) is 3.61. The van der Waals surface area contributed by atoms with Crippen LogP contribution in [0.1, 0.15) is 24.8 Å². The van der Waals surface area contributed by atoms with E-state index in [-0.39, 0.29) is 25.1 Å². The van der Waals surface area contributed by atoms with E-state index < -0.39 is 18.7 Å². The van der Waals surface area contributed by atoms with Crippen LogP contribution in [0.25, 0.3) is 0 Å². The molecule has 1 fully saturated rings. The Kier molecular flexibility index (Phi) is 8.49. The first-order valence-electron chi connectivity index (χ1n) is 8.86. The first kappa shape index (κ1) is 20.6. The molecule has 1 aromatic heterocycles. The van der Waals surface area contributed by atoms with Crippen molar-refractivity contribution in [3.63, 3.8) is 0 Å². The van der Waals surface area contributed by atoms with Crippen LogP contribution in [0.3, 0.4) is 0 Å². The number of hydrogen-bond donors (Lipinski definition) is 2. The number of likely N-dealkylation sites (tertiary alicyclic amines) is 1. The minimum atomic E-state index is -1.04. The molecule has 0 bridgehead atoms. The lowest BCUT2D eigenvalue weighted by Crippen LogP contribution is -2.42. The van der Waals surface area contributed by atoms with Gasteiger partial charge in [0.1, 0.15) is 13.2 Å². The highest BCUT2D eigenvalue weighted by molar-refractivity contribution is 5.78. The second kappa shape index (κ2) is 11.1. The number of carbonyl (C=O) groups excluding carboxylic acids is 1. The zero-order chi connectivity index (χ0) is 19.5. The number of ether oxygens (including phenoxy) is 1. The summed E-state index contributed by atoms with van der Waals surface area (Å²) < 4.78 is 4.85. The summed E-state index contributed by atoms with van der Waals surface area (Å²) in [5, 5.41) is 18.7. The normalized spacial score (nSPS) is 18.2. The molecule has 0 aromatic carbocycles. The topological polar surface area (TPSA) is 100.0 Å². The van der Waals surface area contributed by atoms with Gasteiger partial charge in [-0.1, -0.05) is 24.0 Å². The second-order valence-electron chi connectivity index (χ2n) is 6.23. The first-order chi connectivity index (χ1) is 13.1. The number of pyridine rings is 1. The van der Waals surface area contributed by atoms with Crippen LogP contribution in [0.2, 0.25) is 0 Å². The van der Waals surface area contributed by atoms with Crippen LogP contribution in [-0.4, -0.2) is 63.9 Å². The summed E-state index contributed by atoms with van der Waals surface area (Å²) in [6.45, 7) is -0.123. The summed E-state index contributed by atoms with van der Waals surface area (Å²) >= 11 is 0. The summed E-state index contributed by atoms with van der Waals surface area (Å²) in [6.07, 6.45) is 8.93. The van der Waals surface area contributed by atoms with Crippen LogP contribution >= 0.6 is 0 Å². The van der Waals surface area contributed by atoms with Gasteiger partial charge in [0.25, 0.3) is 0 Å². The molecular weight excluding hydrogens is 348 g/mol. The third kappa shape index (κ3) is 7.60. The molecular formula is C20H24N2O5. The number of hydrogen-bond acceptors (Lipinski definition) is 5. The summed E-state index contributed by atoms with van der Waals surface area (Å²) in [5.74, 6) is 4.55. The van der Waals surface area contributed by atoms with Crippen LogP contribution in [-0.2, 0) is 20.7 Å². The van der Waals surface area contributed by atoms with Crippen molar-refractivity contribution < 1.29 is 24.5 Å². The number of aliphatic hydroxyl groups excluding tert-OH is 1. The minimum absolute atomic E-state index is 0.0134. The third-order valence-corrected chi connectivity index (χ3v) is 4.13. The van der Waals surface area contributed by atoms with Gasteiger partial charge in [-0.25, -0.2) is 4.79 Å². The standard InChI is InChI=1S/C20H24N2O5/c23-18(14-16-8-10-21-11-9-16)7-6-17-4-3-5-19(24)22(17)12-1-2-13-27-15-20(25)26/h6-11,17-18,23H,3-5,12-15H2,(H,25,26)/b7-6+/t17-,18?/m1/s1. The van der Waals surface area contributed by atoms with Crippen molar-refractivity contribution in [2.45, 2.75) is 37.8 Å². The van der Waals surface area contributed by atoms with E-state index >= 15 is 0 Å². The fourth-order valence-corrected chi connectivity index (χ4v) is 2.82. The van der Waals surface area contributed by atoms with E-state index in [0.717, 1.165) is 18.4 Å². The van der Waals surface area contributed by atoms with E-state index in [1.165, 1.54) is 0 Å². The Labute approximate surface area is 158 Å². The highest BCUT2D eigenvalue weighted by Gasteiger charge is 2.25. The van der Waals surface area contributed by atoms with E-state index in [1.807, 2.05) is 18.2 Å². The number of carboxylic acid groups (broad SMARTS) is 1. The highest BCUT2D eigenvalue weighted by Crippen LogP contribution is 2.19. The molecule has 1 aliphatic rings. The Hall–Kier alpha value is -2.69. The van der Waals surface area contributed by atoms with Gasteiger partial charge in [-0.15, -0.1) is 0 Å². The molecule has 2 heterocycles. The number of aliphatic carboxylic acids is 1. The number of nitrogens with zero attached hydrogens (tertiary/aromatic N) is 2. The maximum absolute atomic E-state index is 12.2. The molecule has 0 saturated carbocycles. The predicted octanol–water partition coefficient (Wildman–Crippen LogP) is 1.03. The number of carbonyl (C=O) groups is 2. The van der Waals surface area contributed by atoms with E-state index in [0.29, 0.717) is 12.8 Å². The van der Waals surface area contributed by atoms with Gasteiger partial charge in [0.2, 0.25) is 5.91 Å². The molecule has 0 aliphatic carbocycles. The Bertz CT molecular complexity index is 708. The SMILES string of the molecule is O=C(O)COCC#CCN1C(=O)CCC[C@@H]1/C=C/C(O)Cc1ccncc1. The first-order valence-corrected chi connectivity index (χ1v) is 8.86. The van der Waals surface area contributed by atoms with E-state index in [4.69, 9.17) is 9.84 Å². The molecule has 7 heteroatoms. The van der Waals surface area contributed by atoms with E-state index in [1.54, 1.807) is 23.4 Å². The monoisotopic (exact) mass is 372 g/mol. The largest absolute Gasteiger partial charge is 0.480 e. The molecule has 1 amide bonds. The van der Waals surface area contributed by atoms with Crippen molar-refractivity contribution in [3.05, 3.63) is 42.2 Å². The van der Waals surface area contributed by atoms with Crippen molar-refractivity contribution in [1.29, 1.82) is 0 Å². The number of aliphatic hydroxyl groups is 1. The Balaban J connectivity index is 1.87. The summed E-state index contributed by atoms with van der Waals surface area (Å²) in [7, 11) is 0. The quantitative estimate of drug-likeness (QED) is 0.402. The zero-order valence-corrected chi connectivity index (χ0v) is 15.1. The van der Waals surface area contributed by atoms with Crippen molar-refractivity contribution in [1.82, 2.24) is 9.88 Å². The highest BCUT2D eigenvalue weighted by atomic mass is 16.5. The lowest BCUT2D eigenvalue weighted by Gasteiger charge is -2.32. The number of amides is 1. The number of aromatic nitrogens is 1. The van der Waals surface area contributed by atoms with Crippen molar-refractivity contribution >= 4 is 11.9 Å². The van der Waals surface area contributed by atoms with Crippen LogP contribution in [0.5, 0.6) is 0 Å². The van der Waals surface area contributed by atoms with Gasteiger partial charge < -0.3 is 19.8 Å². The molecule has 144 valence electrons. The molecule has 0 spiro atoms. The van der Waals surface area contributed by atoms with Gasteiger partial charge in [-0.3, -0.25) is 9.78 Å². The Morgan fingerprint density at radius 3 is 2.93 bits per heavy atom. The molecule has 0 radical (unpaired) electrons. The van der Waals surface area contributed by atoms with Gasteiger partial charge in [0.15, 0.2) is 0 Å². The van der Waals surface area contributed by atoms with Crippen molar-refractivity contribution in [2.75, 3.05) is 19.8 Å². The Morgan fingerprint density at radius 2 is 2.19 bits per heavy atom. The fraction of sp³-hybridized carbons (Fsp3) is 0.450. The molecule has 1 aromatic rings. The Morgan fingerprint density at radius 1 is 1.41 bits per heavy atom. The van der Waals surface area contributed by atoms with Crippen LogP contribution in [0.15, 0.2) is 36.7 Å². The van der Waals surface area contributed by atoms with Gasteiger partial charge in [0, 0.05) is 25.2 Å². The zero-order valence-electron chi connectivity index (χ0n) is 15.1. The van der Waals surface area contributed by atoms with Crippen LogP contribution in [0, 0.1) is 11.8 Å². The van der Waals surface area contributed by atoms with Crippen LogP contribution in [0.4, 0.5) is 0 Å². The molecule has 1 unspecified atom stereocenters. The lowest BCUT2D eigenvalue weighted by atomic mass is 10.00. The van der Waals surface area contributed by atoms with Gasteiger partial charge in [0.05, 0.1) is 18.7 Å². The molecule has 27 heavy (non-hydrogen) atoms. The molecule has 1 saturated heterocycles. The van der Waals surface area contributed by atoms with Gasteiger partial charge >= 0.3 is 5.97 Å². The minimum Gasteiger partial charge on any atom is -0.480 e. The smallest absolute Gasteiger partial charge is 0.329 e. The molecule has 7 nitrogen and oxygen atoms in total. The molecule has 1 aliphatic heterocycles. The van der Waals surface area contributed by atoms with Gasteiger partial charge in [-0.2, -0.15) is 0 Å². The van der Waals surface area contributed by atoms with Gasteiger partial charge in [-0.05, 0) is 30.5 Å². The third-order valence-electron chi connectivity index (χ3n) is 4.13. The average Bonchev–Trinajstić information content (AvgIpc) is 2.65. The summed E-state index contributed by atoms with van der Waals surface area (Å²) in [4.78, 5) is 28.2. The predicted molar refractivity (Wildman–Crippen MR) is 98.7 cm³/mol. The average molecular weight is 372 g/mol. The van der Waals surface area contributed by atoms with Crippen molar-refractivity contribution in [3.8, 4) is 11.8 Å².